The van der Waals surface area contributed by atoms with Crippen molar-refractivity contribution in [2.75, 3.05) is 18.6 Å². The summed E-state index contributed by atoms with van der Waals surface area (Å²) in [6.07, 6.45) is 4.94. The smallest absolute Gasteiger partial charge is 0.315 e. The van der Waals surface area contributed by atoms with Crippen molar-refractivity contribution in [2.24, 2.45) is 0 Å². The van der Waals surface area contributed by atoms with E-state index in [4.69, 9.17) is 32.9 Å². The number of esters is 1. The maximum atomic E-state index is 12.6. The van der Waals surface area contributed by atoms with Gasteiger partial charge < -0.3 is 14.6 Å². The van der Waals surface area contributed by atoms with E-state index >= 15 is 0 Å². The Balaban J connectivity index is 1.60. The molecule has 0 bridgehead atoms. The van der Waals surface area contributed by atoms with Gasteiger partial charge in [0.2, 0.25) is 0 Å². The first-order chi connectivity index (χ1) is 13.5. The second-order valence-electron chi connectivity index (χ2n) is 7.01. The molecule has 0 fully saturated rings. The predicted octanol–water partition coefficient (Wildman–Crippen LogP) is 5.25. The van der Waals surface area contributed by atoms with Crippen LogP contribution in [0.25, 0.3) is 17.0 Å². The Morgan fingerprint density at radius 1 is 1.43 bits per heavy atom. The highest BCUT2D eigenvalue weighted by Gasteiger charge is 2.36. The number of methoxy groups -OCH3 is 1. The molecule has 2 unspecified atom stereocenters. The first-order valence-electron chi connectivity index (χ1n) is 8.99. The third-order valence-corrected chi connectivity index (χ3v) is 7.03. The van der Waals surface area contributed by atoms with Crippen LogP contribution in [-0.4, -0.2) is 29.6 Å². The van der Waals surface area contributed by atoms with E-state index in [9.17, 15) is 4.79 Å². The monoisotopic (exact) mass is 433 g/mol. The second-order valence-corrected chi connectivity index (χ2v) is 8.99. The van der Waals surface area contributed by atoms with Crippen molar-refractivity contribution in [1.29, 1.82) is 0 Å². The van der Waals surface area contributed by atoms with E-state index in [2.05, 4.69) is 22.0 Å². The van der Waals surface area contributed by atoms with E-state index < -0.39 is 5.92 Å². The number of hydrogen-bond donors (Lipinski definition) is 1. The molecule has 8 heteroatoms. The summed E-state index contributed by atoms with van der Waals surface area (Å²) >= 11 is 14.2. The molecule has 5 nitrogen and oxygen atoms in total. The highest BCUT2D eigenvalue weighted by atomic mass is 35.5. The number of hydrogen-bond acceptors (Lipinski definition) is 5. The second kappa shape index (κ2) is 6.79. The van der Waals surface area contributed by atoms with Crippen LogP contribution in [0, 0.1) is 0 Å². The topological polar surface area (TPSA) is 58.2 Å². The number of carbonyl (C=O) groups is 1. The Morgan fingerprint density at radius 2 is 2.29 bits per heavy atom. The van der Waals surface area contributed by atoms with Crippen LogP contribution in [0.5, 0.6) is 0 Å². The van der Waals surface area contributed by atoms with E-state index in [1.807, 2.05) is 18.2 Å². The van der Waals surface area contributed by atoms with Gasteiger partial charge in [-0.1, -0.05) is 29.0 Å². The lowest BCUT2D eigenvalue weighted by Gasteiger charge is -2.31. The first kappa shape index (κ1) is 18.0. The summed E-state index contributed by atoms with van der Waals surface area (Å²) in [5.74, 6) is -0.674. The number of aromatic amines is 1. The Labute approximate surface area is 175 Å². The lowest BCUT2D eigenvalue weighted by atomic mass is 9.92. The van der Waals surface area contributed by atoms with Gasteiger partial charge >= 0.3 is 5.97 Å². The van der Waals surface area contributed by atoms with Crippen LogP contribution in [0.2, 0.25) is 5.02 Å². The Hall–Kier alpha value is -2.02. The molecule has 144 valence electrons. The number of thiazole rings is 1. The molecule has 1 N–H and O–H groups in total. The first-order valence-corrected chi connectivity index (χ1v) is 10.6. The lowest BCUT2D eigenvalue weighted by molar-refractivity contribution is -0.142. The number of fused-ring (bicyclic) bond motifs is 4. The molecule has 3 heterocycles. The fourth-order valence-corrected chi connectivity index (χ4v) is 5.60. The zero-order valence-corrected chi connectivity index (χ0v) is 17.4. The molecule has 1 aliphatic carbocycles. The fraction of sp³-hybridized carbons (Fsp3) is 0.300. The lowest BCUT2D eigenvalue weighted by Crippen LogP contribution is -2.37. The highest BCUT2D eigenvalue weighted by Crippen LogP contribution is 2.42. The van der Waals surface area contributed by atoms with Gasteiger partial charge in [-0.15, -0.1) is 11.6 Å². The van der Waals surface area contributed by atoms with Gasteiger partial charge in [0.1, 0.15) is 5.92 Å². The number of carbonyl (C=O) groups excluding carboxylic acids is 1. The molecular formula is C20H17Cl2N3O2S. The third kappa shape index (κ3) is 2.82. The quantitative estimate of drug-likeness (QED) is 0.442. The molecule has 0 radical (unpaired) electrons. The Kier molecular flexibility index (Phi) is 4.38. The SMILES string of the molecule is COC(=O)C1CN(c2nc3c(s2)C=CCC3Cl)Cc2[nH]c3ccc(Cl)cc3c21. The van der Waals surface area contributed by atoms with Crippen molar-refractivity contribution in [3.63, 3.8) is 0 Å². The van der Waals surface area contributed by atoms with Gasteiger partial charge in [-0.25, -0.2) is 4.98 Å². The van der Waals surface area contributed by atoms with Crippen LogP contribution in [0.1, 0.15) is 39.5 Å². The van der Waals surface area contributed by atoms with Gasteiger partial charge in [-0.05, 0) is 36.3 Å². The van der Waals surface area contributed by atoms with Crippen molar-refractivity contribution in [3.05, 3.63) is 51.1 Å². The van der Waals surface area contributed by atoms with E-state index in [-0.39, 0.29) is 11.3 Å². The third-order valence-electron chi connectivity index (χ3n) is 5.32. The number of nitrogens with one attached hydrogen (secondary N) is 1. The molecule has 0 spiro atoms. The van der Waals surface area contributed by atoms with Gasteiger partial charge in [0, 0.05) is 28.2 Å². The molecular weight excluding hydrogens is 417 g/mol. The van der Waals surface area contributed by atoms with Crippen LogP contribution in [0.3, 0.4) is 0 Å². The molecule has 2 aliphatic rings. The van der Waals surface area contributed by atoms with E-state index in [0.717, 1.165) is 44.3 Å². The maximum Gasteiger partial charge on any atom is 0.315 e. The van der Waals surface area contributed by atoms with Gasteiger partial charge in [0.05, 0.1) is 29.6 Å². The van der Waals surface area contributed by atoms with Crippen LogP contribution in [0.4, 0.5) is 5.13 Å². The largest absolute Gasteiger partial charge is 0.468 e. The maximum absolute atomic E-state index is 12.6. The van der Waals surface area contributed by atoms with Crippen molar-refractivity contribution >= 4 is 62.6 Å². The molecule has 3 aromatic rings. The summed E-state index contributed by atoms with van der Waals surface area (Å²) in [5.41, 5.74) is 3.85. The van der Waals surface area contributed by atoms with Gasteiger partial charge in [0.25, 0.3) is 0 Å². The average Bonchev–Trinajstić information content (AvgIpc) is 3.28. The average molecular weight is 434 g/mol. The fourth-order valence-electron chi connectivity index (χ4n) is 4.03. The minimum absolute atomic E-state index is 0.100. The van der Waals surface area contributed by atoms with E-state index in [0.29, 0.717) is 18.1 Å². The Bertz CT molecular complexity index is 1120. The normalized spacial score (nSPS) is 20.9. The molecule has 1 aliphatic heterocycles. The summed E-state index contributed by atoms with van der Waals surface area (Å²) in [6.45, 7) is 1.14. The molecule has 0 saturated heterocycles. The number of H-pyrrole nitrogens is 1. The van der Waals surface area contributed by atoms with Crippen molar-refractivity contribution in [3.8, 4) is 0 Å². The van der Waals surface area contributed by atoms with Gasteiger partial charge in [-0.2, -0.15) is 0 Å². The molecule has 0 amide bonds. The van der Waals surface area contributed by atoms with Crippen LogP contribution < -0.4 is 4.90 Å². The molecule has 0 saturated carbocycles. The predicted molar refractivity (Wildman–Crippen MR) is 113 cm³/mol. The van der Waals surface area contributed by atoms with E-state index in [1.165, 1.54) is 7.11 Å². The number of rotatable bonds is 2. The zero-order valence-electron chi connectivity index (χ0n) is 15.0. The van der Waals surface area contributed by atoms with E-state index in [1.54, 1.807) is 11.3 Å². The number of anilines is 1. The number of allylic oxidation sites excluding steroid dienone is 1. The van der Waals surface area contributed by atoms with Crippen LogP contribution in [0.15, 0.2) is 24.3 Å². The molecule has 2 aromatic heterocycles. The van der Waals surface area contributed by atoms with Crippen molar-refractivity contribution in [1.82, 2.24) is 9.97 Å². The zero-order chi connectivity index (χ0) is 19.4. The summed E-state index contributed by atoms with van der Waals surface area (Å²) < 4.78 is 5.12. The summed E-state index contributed by atoms with van der Waals surface area (Å²) in [5, 5.41) is 2.39. The summed E-state index contributed by atoms with van der Waals surface area (Å²) in [4.78, 5) is 24.1. The number of nitrogens with zero attached hydrogens (tertiary/aromatic N) is 2. The van der Waals surface area contributed by atoms with Crippen molar-refractivity contribution in [2.45, 2.75) is 24.3 Å². The number of aromatic nitrogens is 2. The molecule has 2 atom stereocenters. The summed E-state index contributed by atoms with van der Waals surface area (Å²) in [6, 6.07) is 5.70. The van der Waals surface area contributed by atoms with Gasteiger partial charge in [-0.3, -0.25) is 4.79 Å². The Morgan fingerprint density at radius 3 is 3.07 bits per heavy atom. The van der Waals surface area contributed by atoms with Crippen LogP contribution in [-0.2, 0) is 16.1 Å². The molecule has 1 aromatic carbocycles. The number of ether oxygens (including phenoxy) is 1. The van der Waals surface area contributed by atoms with Crippen molar-refractivity contribution < 1.29 is 9.53 Å². The van der Waals surface area contributed by atoms with Crippen LogP contribution >= 0.6 is 34.5 Å². The number of benzene rings is 1. The standard InChI is InChI=1S/C20H17Cl2N3O2S/c1-27-19(26)12-8-25(20-24-18-13(22)3-2-4-16(18)28-20)9-15-17(12)11-7-10(21)5-6-14(11)23-15/h2,4-7,12-13,23H,3,8-9H2,1H3. The number of halogens is 2. The highest BCUT2D eigenvalue weighted by molar-refractivity contribution is 7.16. The number of alkyl halides is 1. The minimum Gasteiger partial charge on any atom is -0.468 e. The summed E-state index contributed by atoms with van der Waals surface area (Å²) in [7, 11) is 1.42. The van der Waals surface area contributed by atoms with Gasteiger partial charge in [0.15, 0.2) is 5.13 Å². The molecule has 28 heavy (non-hydrogen) atoms. The molecule has 5 rings (SSSR count). The minimum atomic E-state index is -0.413.